The van der Waals surface area contributed by atoms with E-state index < -0.39 is 0 Å². The van der Waals surface area contributed by atoms with Crippen molar-refractivity contribution in [2.45, 2.75) is 13.8 Å². The summed E-state index contributed by atoms with van der Waals surface area (Å²) in [6, 6.07) is 0. The second kappa shape index (κ2) is 3.57. The smallest absolute Gasteiger partial charge is 0.199 e. The van der Waals surface area contributed by atoms with Crippen molar-refractivity contribution in [3.8, 4) is 0 Å². The molecule has 2 aromatic rings. The number of rotatable bonds is 3. The molecule has 14 heavy (non-hydrogen) atoms. The van der Waals surface area contributed by atoms with Crippen LogP contribution in [0, 0.1) is 5.92 Å². The Labute approximate surface area is 81.3 Å². The molecule has 2 rings (SSSR count). The molecule has 0 aliphatic heterocycles. The van der Waals surface area contributed by atoms with Crippen LogP contribution in [0.4, 0.5) is 5.82 Å². The summed E-state index contributed by atoms with van der Waals surface area (Å²) in [6.07, 6.45) is 3.34. The summed E-state index contributed by atoms with van der Waals surface area (Å²) >= 11 is 0. The van der Waals surface area contributed by atoms with Crippen LogP contribution in [0.25, 0.3) is 5.65 Å². The zero-order valence-electron chi connectivity index (χ0n) is 8.18. The monoisotopic (exact) mass is 192 g/mol. The van der Waals surface area contributed by atoms with E-state index in [-0.39, 0.29) is 0 Å². The highest BCUT2D eigenvalue weighted by Gasteiger charge is 2.03. The lowest BCUT2D eigenvalue weighted by Crippen LogP contribution is -2.11. The Balaban J connectivity index is 2.27. The molecule has 0 fully saturated rings. The number of hydrogen-bond acceptors (Lipinski definition) is 5. The van der Waals surface area contributed by atoms with Gasteiger partial charge in [-0.25, -0.2) is 0 Å². The number of anilines is 1. The fourth-order valence-electron chi connectivity index (χ4n) is 1.10. The van der Waals surface area contributed by atoms with Crippen LogP contribution < -0.4 is 5.32 Å². The Kier molecular flexibility index (Phi) is 2.26. The lowest BCUT2D eigenvalue weighted by Gasteiger charge is -2.08. The molecule has 0 saturated heterocycles. The number of tetrazole rings is 1. The number of hydrogen-bond donors (Lipinski definition) is 1. The van der Waals surface area contributed by atoms with Crippen molar-refractivity contribution >= 4 is 11.5 Å². The molecule has 0 radical (unpaired) electrons. The van der Waals surface area contributed by atoms with E-state index in [2.05, 4.69) is 39.7 Å². The average molecular weight is 192 g/mol. The van der Waals surface area contributed by atoms with E-state index in [1.54, 1.807) is 16.9 Å². The molecule has 1 N–H and O–H groups in total. The molecule has 0 aromatic carbocycles. The molecule has 0 saturated carbocycles. The highest BCUT2D eigenvalue weighted by Crippen LogP contribution is 2.06. The summed E-state index contributed by atoms with van der Waals surface area (Å²) in [5.41, 5.74) is 0.652. The van der Waals surface area contributed by atoms with E-state index in [9.17, 15) is 0 Å². The average Bonchev–Trinajstić information content (AvgIpc) is 2.62. The minimum atomic E-state index is 0.571. The van der Waals surface area contributed by atoms with Gasteiger partial charge in [0.2, 0.25) is 0 Å². The van der Waals surface area contributed by atoms with Crippen LogP contribution in [0.2, 0.25) is 0 Å². The molecule has 0 aliphatic rings. The fraction of sp³-hybridized carbons (Fsp3) is 0.500. The van der Waals surface area contributed by atoms with Crippen molar-refractivity contribution < 1.29 is 0 Å². The molecule has 0 unspecified atom stereocenters. The number of nitrogens with zero attached hydrogens (tertiary/aromatic N) is 5. The largest absolute Gasteiger partial charge is 0.368 e. The normalized spacial score (nSPS) is 11.1. The molecule has 2 aromatic heterocycles. The molecule has 0 spiro atoms. The van der Waals surface area contributed by atoms with E-state index >= 15 is 0 Å². The molecular formula is C8H12N6. The van der Waals surface area contributed by atoms with Gasteiger partial charge in [-0.2, -0.15) is 4.52 Å². The van der Waals surface area contributed by atoms with Crippen LogP contribution in [0.5, 0.6) is 0 Å². The van der Waals surface area contributed by atoms with Gasteiger partial charge in [0.15, 0.2) is 5.65 Å². The molecule has 6 heteroatoms. The second-order valence-corrected chi connectivity index (χ2v) is 3.52. The van der Waals surface area contributed by atoms with Crippen LogP contribution in [-0.2, 0) is 0 Å². The number of nitrogens with one attached hydrogen (secondary N) is 1. The van der Waals surface area contributed by atoms with Gasteiger partial charge in [0, 0.05) is 6.54 Å². The van der Waals surface area contributed by atoms with Gasteiger partial charge < -0.3 is 5.32 Å². The Hall–Kier alpha value is -1.72. The Morgan fingerprint density at radius 2 is 2.29 bits per heavy atom. The van der Waals surface area contributed by atoms with Crippen molar-refractivity contribution in [1.29, 1.82) is 0 Å². The Morgan fingerprint density at radius 3 is 3.07 bits per heavy atom. The van der Waals surface area contributed by atoms with Crippen molar-refractivity contribution in [1.82, 2.24) is 25.0 Å². The van der Waals surface area contributed by atoms with E-state index in [0.29, 0.717) is 11.6 Å². The zero-order valence-corrected chi connectivity index (χ0v) is 8.18. The summed E-state index contributed by atoms with van der Waals surface area (Å²) in [6.45, 7) is 5.15. The molecule has 74 valence electrons. The van der Waals surface area contributed by atoms with Gasteiger partial charge in [-0.05, 0) is 16.3 Å². The maximum Gasteiger partial charge on any atom is 0.199 e. The van der Waals surface area contributed by atoms with E-state index in [1.165, 1.54) is 0 Å². The van der Waals surface area contributed by atoms with Crippen molar-refractivity contribution in [3.63, 3.8) is 0 Å². The summed E-state index contributed by atoms with van der Waals surface area (Å²) in [5.74, 6) is 1.39. The summed E-state index contributed by atoms with van der Waals surface area (Å²) < 4.78 is 1.63. The van der Waals surface area contributed by atoms with E-state index in [0.717, 1.165) is 12.4 Å². The lowest BCUT2D eigenvalue weighted by atomic mass is 10.2. The number of fused-ring (bicyclic) bond motifs is 1. The molecule has 2 heterocycles. The van der Waals surface area contributed by atoms with Crippen molar-refractivity contribution in [2.75, 3.05) is 11.9 Å². The summed E-state index contributed by atoms with van der Waals surface area (Å²) in [5, 5.41) is 14.5. The molecule has 0 aliphatic carbocycles. The highest BCUT2D eigenvalue weighted by atomic mass is 15.5. The van der Waals surface area contributed by atoms with Gasteiger partial charge >= 0.3 is 0 Å². The van der Waals surface area contributed by atoms with Gasteiger partial charge in [-0.15, -0.1) is 5.10 Å². The Bertz CT molecular complexity index is 420. The predicted molar refractivity (Wildman–Crippen MR) is 51.9 cm³/mol. The summed E-state index contributed by atoms with van der Waals surface area (Å²) in [7, 11) is 0. The van der Waals surface area contributed by atoms with Crippen molar-refractivity contribution in [2.24, 2.45) is 5.92 Å². The third-order valence-electron chi connectivity index (χ3n) is 1.80. The first kappa shape index (κ1) is 8.86. The predicted octanol–water partition coefficient (Wildman–Crippen LogP) is 0.587. The maximum atomic E-state index is 4.04. The summed E-state index contributed by atoms with van der Waals surface area (Å²) in [4.78, 5) is 4.04. The van der Waals surface area contributed by atoms with Crippen molar-refractivity contribution in [3.05, 3.63) is 12.4 Å². The van der Waals surface area contributed by atoms with Gasteiger partial charge in [0.05, 0.1) is 12.4 Å². The van der Waals surface area contributed by atoms with Gasteiger partial charge in [0.1, 0.15) is 5.82 Å². The molecular weight excluding hydrogens is 180 g/mol. The van der Waals surface area contributed by atoms with Gasteiger partial charge in [-0.3, -0.25) is 4.98 Å². The van der Waals surface area contributed by atoms with E-state index in [4.69, 9.17) is 0 Å². The van der Waals surface area contributed by atoms with Crippen LogP contribution in [0.15, 0.2) is 12.4 Å². The topological polar surface area (TPSA) is 68.0 Å². The number of aromatic nitrogens is 5. The molecule has 0 amide bonds. The first-order valence-corrected chi connectivity index (χ1v) is 4.53. The minimum Gasteiger partial charge on any atom is -0.368 e. The van der Waals surface area contributed by atoms with Crippen LogP contribution in [0.1, 0.15) is 13.8 Å². The van der Waals surface area contributed by atoms with Crippen LogP contribution in [0.3, 0.4) is 0 Å². The molecule has 6 nitrogen and oxygen atoms in total. The standard InChI is InChI=1S/C8H12N6/c1-6(2)3-10-7-4-9-5-8-11-12-13-14(7)8/h4-6,10H,3H2,1-2H3. The lowest BCUT2D eigenvalue weighted by molar-refractivity contribution is 0.682. The van der Waals surface area contributed by atoms with Crippen LogP contribution in [-0.4, -0.2) is 31.6 Å². The first-order valence-electron chi connectivity index (χ1n) is 4.53. The Morgan fingerprint density at radius 1 is 1.43 bits per heavy atom. The maximum absolute atomic E-state index is 4.04. The highest BCUT2D eigenvalue weighted by molar-refractivity contribution is 5.43. The third kappa shape index (κ3) is 1.63. The SMILES string of the molecule is CC(C)CNc1cncc2nnnn12. The molecule has 0 bridgehead atoms. The quantitative estimate of drug-likeness (QED) is 0.770. The third-order valence-corrected chi connectivity index (χ3v) is 1.80. The van der Waals surface area contributed by atoms with Gasteiger partial charge in [0.25, 0.3) is 0 Å². The second-order valence-electron chi connectivity index (χ2n) is 3.52. The minimum absolute atomic E-state index is 0.571. The fourth-order valence-corrected chi connectivity index (χ4v) is 1.10. The molecule has 0 atom stereocenters. The first-order chi connectivity index (χ1) is 6.77. The van der Waals surface area contributed by atoms with Crippen LogP contribution >= 0.6 is 0 Å². The zero-order chi connectivity index (χ0) is 9.97. The van der Waals surface area contributed by atoms with Gasteiger partial charge in [-0.1, -0.05) is 13.8 Å². The van der Waals surface area contributed by atoms with E-state index in [1.807, 2.05) is 0 Å².